The summed E-state index contributed by atoms with van der Waals surface area (Å²) < 4.78 is 27.7. The minimum atomic E-state index is -3.51. The van der Waals surface area contributed by atoms with Crippen molar-refractivity contribution in [2.24, 2.45) is 0 Å². The first-order valence-corrected chi connectivity index (χ1v) is 12.7. The molecule has 2 aliphatic heterocycles. The van der Waals surface area contributed by atoms with Crippen LogP contribution < -0.4 is 0 Å². The van der Waals surface area contributed by atoms with Gasteiger partial charge < -0.3 is 4.90 Å². The molecule has 0 radical (unpaired) electrons. The maximum atomic E-state index is 13.0. The lowest BCUT2D eigenvalue weighted by Gasteiger charge is -2.39. The summed E-state index contributed by atoms with van der Waals surface area (Å²) >= 11 is 8.72. The lowest BCUT2D eigenvalue weighted by molar-refractivity contribution is -0.137. The number of thiophene rings is 2. The van der Waals surface area contributed by atoms with Gasteiger partial charge in [-0.25, -0.2) is 8.42 Å². The molecule has 2 aliphatic rings. The van der Waals surface area contributed by atoms with Gasteiger partial charge in [0.1, 0.15) is 4.21 Å². The zero-order valence-corrected chi connectivity index (χ0v) is 18.7. The van der Waals surface area contributed by atoms with Crippen molar-refractivity contribution in [1.82, 2.24) is 14.1 Å². The Hall–Kier alpha value is -0.970. The summed E-state index contributed by atoms with van der Waals surface area (Å²) in [5.74, 6) is 0.123. The highest BCUT2D eigenvalue weighted by Gasteiger charge is 2.34. The van der Waals surface area contributed by atoms with Gasteiger partial charge in [-0.05, 0) is 42.5 Å². The average Bonchev–Trinajstić information content (AvgIpc) is 3.35. The second-order valence-electron chi connectivity index (χ2n) is 7.05. The van der Waals surface area contributed by atoms with Gasteiger partial charge in [0, 0.05) is 44.1 Å². The first-order valence-electron chi connectivity index (χ1n) is 9.20. The fraction of sp³-hybridized carbons (Fsp3) is 0.500. The van der Waals surface area contributed by atoms with Crippen LogP contribution in [0.4, 0.5) is 0 Å². The first-order chi connectivity index (χ1) is 13.4. The predicted molar refractivity (Wildman–Crippen MR) is 113 cm³/mol. The van der Waals surface area contributed by atoms with Crippen LogP contribution in [0.2, 0.25) is 4.34 Å². The average molecular weight is 460 g/mol. The molecule has 152 valence electrons. The van der Waals surface area contributed by atoms with Gasteiger partial charge in [0.25, 0.3) is 10.0 Å². The summed E-state index contributed by atoms with van der Waals surface area (Å²) in [5, 5.41) is 2.09. The van der Waals surface area contributed by atoms with Crippen LogP contribution in [0, 0.1) is 0 Å². The summed E-state index contributed by atoms with van der Waals surface area (Å²) in [6, 6.07) is 5.01. The molecule has 10 heteroatoms. The molecule has 1 fully saturated rings. The Bertz CT molecular complexity index is 964. The largest absolute Gasteiger partial charge is 0.337 e. The second kappa shape index (κ2) is 8.04. The van der Waals surface area contributed by atoms with Crippen LogP contribution in [-0.4, -0.2) is 67.2 Å². The lowest BCUT2D eigenvalue weighted by atomic mass is 10.1. The Morgan fingerprint density at radius 3 is 2.57 bits per heavy atom. The summed E-state index contributed by atoms with van der Waals surface area (Å²) in [4.78, 5) is 18.4. The number of hydrogen-bond acceptors (Lipinski definition) is 6. The minimum Gasteiger partial charge on any atom is -0.337 e. The number of piperazine rings is 1. The van der Waals surface area contributed by atoms with Gasteiger partial charge in [-0.2, -0.15) is 4.31 Å². The number of carbonyl (C=O) groups is 1. The van der Waals surface area contributed by atoms with E-state index in [1.165, 1.54) is 14.7 Å². The summed E-state index contributed by atoms with van der Waals surface area (Å²) in [7, 11) is -3.51. The predicted octanol–water partition coefficient (Wildman–Crippen LogP) is 2.74. The van der Waals surface area contributed by atoms with Gasteiger partial charge in [0.05, 0.1) is 10.4 Å². The van der Waals surface area contributed by atoms with Crippen LogP contribution >= 0.6 is 34.3 Å². The van der Waals surface area contributed by atoms with E-state index in [0.29, 0.717) is 37.1 Å². The van der Waals surface area contributed by atoms with E-state index in [-0.39, 0.29) is 16.2 Å². The third kappa shape index (κ3) is 3.88. The molecule has 2 aromatic rings. The van der Waals surface area contributed by atoms with Crippen molar-refractivity contribution in [3.05, 3.63) is 38.4 Å². The summed E-state index contributed by atoms with van der Waals surface area (Å²) in [5.41, 5.74) is 1.25. The fourth-order valence-corrected chi connectivity index (χ4v) is 7.70. The minimum absolute atomic E-state index is 0.123. The topological polar surface area (TPSA) is 60.9 Å². The normalized spacial score (nSPS) is 20.1. The van der Waals surface area contributed by atoms with Crippen LogP contribution in [0.1, 0.15) is 17.4 Å². The van der Waals surface area contributed by atoms with Crippen molar-refractivity contribution in [2.75, 3.05) is 32.7 Å². The second-order valence-corrected chi connectivity index (χ2v) is 11.9. The highest BCUT2D eigenvalue weighted by molar-refractivity contribution is 7.91. The molecule has 6 nitrogen and oxygen atoms in total. The van der Waals surface area contributed by atoms with Crippen LogP contribution in [0.25, 0.3) is 0 Å². The Morgan fingerprint density at radius 2 is 1.89 bits per heavy atom. The molecule has 0 spiro atoms. The van der Waals surface area contributed by atoms with E-state index in [1.807, 2.05) is 11.8 Å². The zero-order chi connectivity index (χ0) is 19.9. The van der Waals surface area contributed by atoms with E-state index in [1.54, 1.807) is 23.5 Å². The van der Waals surface area contributed by atoms with Crippen molar-refractivity contribution in [1.29, 1.82) is 0 Å². The van der Waals surface area contributed by atoms with Gasteiger partial charge in [-0.1, -0.05) is 11.6 Å². The Kier molecular flexibility index (Phi) is 5.83. The molecular weight excluding hydrogens is 438 g/mol. The van der Waals surface area contributed by atoms with Crippen molar-refractivity contribution >= 4 is 50.2 Å². The van der Waals surface area contributed by atoms with E-state index in [4.69, 9.17) is 11.6 Å². The van der Waals surface area contributed by atoms with E-state index in [2.05, 4.69) is 16.3 Å². The van der Waals surface area contributed by atoms with Gasteiger partial charge >= 0.3 is 0 Å². The Balaban J connectivity index is 1.36. The summed E-state index contributed by atoms with van der Waals surface area (Å²) in [6.45, 7) is 5.20. The lowest BCUT2D eigenvalue weighted by Crippen LogP contribution is -2.55. The number of nitrogens with zero attached hydrogens (tertiary/aromatic N) is 3. The van der Waals surface area contributed by atoms with E-state index < -0.39 is 10.0 Å². The number of halogens is 1. The molecule has 1 atom stereocenters. The molecule has 1 amide bonds. The highest BCUT2D eigenvalue weighted by Crippen LogP contribution is 2.29. The third-order valence-corrected chi connectivity index (χ3v) is 10.1. The first kappa shape index (κ1) is 20.3. The van der Waals surface area contributed by atoms with Crippen LogP contribution in [0.15, 0.2) is 27.8 Å². The van der Waals surface area contributed by atoms with Gasteiger partial charge in [-0.3, -0.25) is 9.69 Å². The molecule has 4 heterocycles. The van der Waals surface area contributed by atoms with Gasteiger partial charge in [0.2, 0.25) is 5.91 Å². The van der Waals surface area contributed by atoms with Gasteiger partial charge in [-0.15, -0.1) is 22.7 Å². The van der Waals surface area contributed by atoms with Crippen LogP contribution in [0.5, 0.6) is 0 Å². The Morgan fingerprint density at radius 1 is 1.14 bits per heavy atom. The third-order valence-electron chi connectivity index (χ3n) is 5.44. The zero-order valence-electron chi connectivity index (χ0n) is 15.5. The smallest absolute Gasteiger partial charge is 0.252 e. The quantitative estimate of drug-likeness (QED) is 0.705. The fourth-order valence-electron chi connectivity index (χ4n) is 3.75. The van der Waals surface area contributed by atoms with Crippen molar-refractivity contribution in [3.63, 3.8) is 0 Å². The molecule has 1 unspecified atom stereocenters. The number of rotatable bonds is 4. The monoisotopic (exact) mass is 459 g/mol. The van der Waals surface area contributed by atoms with Crippen molar-refractivity contribution < 1.29 is 13.2 Å². The maximum Gasteiger partial charge on any atom is 0.252 e. The number of amides is 1. The molecule has 0 bridgehead atoms. The molecule has 28 heavy (non-hydrogen) atoms. The molecule has 0 saturated carbocycles. The Labute approximate surface area is 178 Å². The number of fused-ring (bicyclic) bond motifs is 1. The SMILES string of the molecule is CC(C(=O)N1CCc2sccc2C1)N1CCN(S(=O)(=O)c2ccc(Cl)s2)CC1. The molecule has 2 aromatic heterocycles. The molecule has 4 rings (SSSR count). The maximum absolute atomic E-state index is 13.0. The molecule has 0 aromatic carbocycles. The van der Waals surface area contributed by atoms with Gasteiger partial charge in [0.15, 0.2) is 0 Å². The number of carbonyl (C=O) groups excluding carboxylic acids is 1. The molecular formula is C18H22ClN3O3S3. The number of sulfonamides is 1. The number of hydrogen-bond donors (Lipinski definition) is 0. The van der Waals surface area contributed by atoms with E-state index >= 15 is 0 Å². The van der Waals surface area contributed by atoms with Crippen LogP contribution in [-0.2, 0) is 27.8 Å². The summed E-state index contributed by atoms with van der Waals surface area (Å²) in [6.07, 6.45) is 0.918. The van der Waals surface area contributed by atoms with E-state index in [9.17, 15) is 13.2 Å². The van der Waals surface area contributed by atoms with Crippen LogP contribution in [0.3, 0.4) is 0 Å². The standard InChI is InChI=1S/C18H22ClN3O3S3/c1-13(18(23)21-6-4-15-14(12-21)5-11-26-15)20-7-9-22(10-8-20)28(24,25)17-3-2-16(19)27-17/h2-3,5,11,13H,4,6-10,12H2,1H3. The highest BCUT2D eigenvalue weighted by atomic mass is 35.5. The molecule has 1 saturated heterocycles. The molecule has 0 N–H and O–H groups in total. The van der Waals surface area contributed by atoms with Crippen molar-refractivity contribution in [3.8, 4) is 0 Å². The van der Waals surface area contributed by atoms with E-state index in [0.717, 1.165) is 24.3 Å². The van der Waals surface area contributed by atoms with Crippen molar-refractivity contribution in [2.45, 2.75) is 30.1 Å². The molecule has 0 aliphatic carbocycles.